The molecule has 40 heavy (non-hydrogen) atoms. The molecule has 3 amide bonds. The maximum atomic E-state index is 13.3. The summed E-state index contributed by atoms with van der Waals surface area (Å²) in [4.78, 5) is 60.6. The van der Waals surface area contributed by atoms with E-state index in [1.807, 2.05) is 42.2 Å². The van der Waals surface area contributed by atoms with Crippen molar-refractivity contribution in [3.8, 4) is 0 Å². The van der Waals surface area contributed by atoms with Gasteiger partial charge in [0, 0.05) is 50.2 Å². The number of rotatable bonds is 9. The lowest BCUT2D eigenvalue weighted by molar-refractivity contribution is -0.140. The number of amides is 3. The van der Waals surface area contributed by atoms with Gasteiger partial charge in [-0.05, 0) is 31.5 Å². The first-order valence-corrected chi connectivity index (χ1v) is 13.1. The number of nitrogens with one attached hydrogen (secondary N) is 3. The summed E-state index contributed by atoms with van der Waals surface area (Å²) < 4.78 is 4.58. The molecule has 1 aliphatic heterocycles. The van der Waals surface area contributed by atoms with E-state index in [9.17, 15) is 19.2 Å². The molecule has 1 aromatic heterocycles. The number of ketones is 1. The molecule has 2 atom stereocenters. The third kappa shape index (κ3) is 6.30. The molecule has 3 N–H and O–H groups in total. The van der Waals surface area contributed by atoms with Crippen LogP contribution in [0.4, 0.5) is 10.5 Å². The van der Waals surface area contributed by atoms with Gasteiger partial charge < -0.3 is 25.3 Å². The number of anilines is 1. The van der Waals surface area contributed by atoms with Crippen molar-refractivity contribution in [2.75, 3.05) is 38.6 Å². The Hall–Kier alpha value is -4.69. The molecule has 0 spiro atoms. The summed E-state index contributed by atoms with van der Waals surface area (Å²) in [5, 5.41) is 5.93. The van der Waals surface area contributed by atoms with Crippen LogP contribution in [0.25, 0.3) is 15.7 Å². The summed E-state index contributed by atoms with van der Waals surface area (Å²) in [5.41, 5.74) is 2.09. The largest absolute Gasteiger partial charge is 0.469 e. The molecule has 0 radical (unpaired) electrons. The Bertz CT molecular complexity index is 1430. The highest BCUT2D eigenvalue weighted by molar-refractivity contribution is 6.45. The van der Waals surface area contributed by atoms with Gasteiger partial charge in [-0.25, -0.2) is 16.3 Å². The first-order chi connectivity index (χ1) is 19.3. The minimum atomic E-state index is -0.638. The monoisotopic (exact) mass is 544 g/mol. The molecule has 3 aromatic rings. The van der Waals surface area contributed by atoms with Gasteiger partial charge in [-0.3, -0.25) is 19.2 Å². The fourth-order valence-corrected chi connectivity index (χ4v) is 4.90. The number of ether oxygens (including phenoxy) is 1. The van der Waals surface area contributed by atoms with Crippen LogP contribution in [0, 0.1) is 6.57 Å². The lowest BCUT2D eigenvalue weighted by Gasteiger charge is -2.39. The topological polar surface area (TPSA) is 128 Å². The second-order valence-corrected chi connectivity index (χ2v) is 9.58. The summed E-state index contributed by atoms with van der Waals surface area (Å²) in [6.07, 6.45) is 1.67. The Morgan fingerprint density at radius 3 is 2.60 bits per heavy atom. The molecular weight excluding hydrogens is 512 g/mol. The molecular formula is C29H32N6O5. The number of fused-ring (bicyclic) bond motifs is 1. The predicted octanol–water partition coefficient (Wildman–Crippen LogP) is 3.58. The molecule has 208 valence electrons. The normalized spacial score (nSPS) is 16.1. The summed E-state index contributed by atoms with van der Waals surface area (Å²) in [6.45, 7) is 11.1. The first-order valence-electron chi connectivity index (χ1n) is 13.1. The average Bonchev–Trinajstić information content (AvgIpc) is 3.41. The molecule has 0 aliphatic carbocycles. The van der Waals surface area contributed by atoms with E-state index in [1.54, 1.807) is 23.1 Å². The van der Waals surface area contributed by atoms with Crippen LogP contribution in [0.5, 0.6) is 0 Å². The number of carbonyl (C=O) groups excluding carboxylic acids is 4. The summed E-state index contributed by atoms with van der Waals surface area (Å²) in [5.74, 6) is -1.59. The number of urea groups is 1. The number of carbonyl (C=O) groups is 4. The van der Waals surface area contributed by atoms with Crippen molar-refractivity contribution >= 4 is 40.3 Å². The Balaban J connectivity index is 1.40. The van der Waals surface area contributed by atoms with E-state index in [0.717, 1.165) is 5.56 Å². The van der Waals surface area contributed by atoms with Gasteiger partial charge in [0.05, 0.1) is 29.4 Å². The van der Waals surface area contributed by atoms with Crippen LogP contribution in [-0.4, -0.2) is 77.8 Å². The van der Waals surface area contributed by atoms with E-state index in [4.69, 9.17) is 6.57 Å². The molecule has 2 heterocycles. The van der Waals surface area contributed by atoms with Crippen molar-refractivity contribution < 1.29 is 23.9 Å². The van der Waals surface area contributed by atoms with Gasteiger partial charge in [0.1, 0.15) is 0 Å². The van der Waals surface area contributed by atoms with E-state index in [-0.39, 0.29) is 30.5 Å². The highest BCUT2D eigenvalue weighted by atomic mass is 16.5. The third-order valence-electron chi connectivity index (χ3n) is 6.96. The van der Waals surface area contributed by atoms with Crippen molar-refractivity contribution in [2.45, 2.75) is 32.0 Å². The van der Waals surface area contributed by atoms with Gasteiger partial charge in [-0.15, -0.1) is 0 Å². The van der Waals surface area contributed by atoms with Crippen molar-refractivity contribution in [3.63, 3.8) is 0 Å². The van der Waals surface area contributed by atoms with Gasteiger partial charge in [0.25, 0.3) is 11.7 Å². The number of aromatic amines is 1. The average molecular weight is 545 g/mol. The number of H-pyrrole nitrogens is 1. The standard InChI is InChI=1S/C29H32N6O5/c1-19-18-34(27(30-2)20-9-5-4-6-10-20)15-16-35(19)28(38)26(37)22-17-32-25-21(22)11-7-12-23(25)33-29(39)31-14-8-13-24(36)40-3/h4-7,9-12,17,19,27,32H,8,13-16,18H2,1,3H3,(H2,31,33,39)/t19-,27?/m1/s1. The van der Waals surface area contributed by atoms with Crippen LogP contribution in [0.15, 0.2) is 54.7 Å². The second kappa shape index (κ2) is 12.9. The number of esters is 1. The van der Waals surface area contributed by atoms with Gasteiger partial charge in [0.2, 0.25) is 0 Å². The molecule has 11 heteroatoms. The third-order valence-corrected chi connectivity index (χ3v) is 6.96. The Labute approximate surface area is 232 Å². The fraction of sp³-hybridized carbons (Fsp3) is 0.345. The lowest BCUT2D eigenvalue weighted by atomic mass is 10.0. The maximum absolute atomic E-state index is 13.3. The number of para-hydroxylation sites is 1. The molecule has 0 bridgehead atoms. The Morgan fingerprint density at radius 2 is 1.90 bits per heavy atom. The Kier molecular flexibility index (Phi) is 9.14. The quantitative estimate of drug-likeness (QED) is 0.124. The van der Waals surface area contributed by atoms with Gasteiger partial charge >= 0.3 is 18.2 Å². The second-order valence-electron chi connectivity index (χ2n) is 9.58. The smallest absolute Gasteiger partial charge is 0.319 e. The highest BCUT2D eigenvalue weighted by Gasteiger charge is 2.37. The van der Waals surface area contributed by atoms with Crippen LogP contribution in [0.3, 0.4) is 0 Å². The fourth-order valence-electron chi connectivity index (χ4n) is 4.90. The highest BCUT2D eigenvalue weighted by Crippen LogP contribution is 2.28. The molecule has 2 aromatic carbocycles. The number of methoxy groups -OCH3 is 1. The number of benzene rings is 2. The van der Waals surface area contributed by atoms with Crippen molar-refractivity contribution in [1.82, 2.24) is 20.1 Å². The molecule has 1 unspecified atom stereocenters. The number of nitrogens with zero attached hydrogens (tertiary/aromatic N) is 3. The zero-order valence-electron chi connectivity index (χ0n) is 22.5. The van der Waals surface area contributed by atoms with Crippen molar-refractivity contribution in [3.05, 3.63) is 77.3 Å². The van der Waals surface area contributed by atoms with Crippen LogP contribution in [-0.2, 0) is 14.3 Å². The number of aromatic nitrogens is 1. The minimum absolute atomic E-state index is 0.198. The van der Waals surface area contributed by atoms with Crippen molar-refractivity contribution in [2.24, 2.45) is 0 Å². The maximum Gasteiger partial charge on any atom is 0.319 e. The van der Waals surface area contributed by atoms with Crippen LogP contribution in [0.1, 0.15) is 41.9 Å². The van der Waals surface area contributed by atoms with Crippen LogP contribution < -0.4 is 10.6 Å². The zero-order valence-corrected chi connectivity index (χ0v) is 22.5. The summed E-state index contributed by atoms with van der Waals surface area (Å²) >= 11 is 0. The number of hydrogen-bond acceptors (Lipinski definition) is 6. The number of Topliss-reactive ketones (excluding diaryl/α,β-unsaturated/α-hetero) is 1. The van der Waals surface area contributed by atoms with E-state index in [0.29, 0.717) is 42.6 Å². The van der Waals surface area contributed by atoms with E-state index in [2.05, 4.69) is 25.2 Å². The molecule has 1 aliphatic rings. The summed E-state index contributed by atoms with van der Waals surface area (Å²) in [7, 11) is 1.31. The van der Waals surface area contributed by atoms with Gasteiger partial charge in [-0.2, -0.15) is 0 Å². The van der Waals surface area contributed by atoms with Crippen LogP contribution >= 0.6 is 0 Å². The molecule has 0 saturated carbocycles. The van der Waals surface area contributed by atoms with E-state index >= 15 is 0 Å². The van der Waals surface area contributed by atoms with Crippen LogP contribution in [0.2, 0.25) is 0 Å². The molecule has 1 fully saturated rings. The van der Waals surface area contributed by atoms with E-state index < -0.39 is 23.9 Å². The number of hydrogen-bond donors (Lipinski definition) is 3. The zero-order chi connectivity index (χ0) is 28.6. The Morgan fingerprint density at radius 1 is 1.12 bits per heavy atom. The molecule has 4 rings (SSSR count). The van der Waals surface area contributed by atoms with Crippen molar-refractivity contribution in [1.29, 1.82) is 0 Å². The molecule has 11 nitrogen and oxygen atoms in total. The van der Waals surface area contributed by atoms with Gasteiger partial charge in [0.15, 0.2) is 0 Å². The lowest BCUT2D eigenvalue weighted by Crippen LogP contribution is -2.55. The SMILES string of the molecule is [C-]#[N+]C(c1ccccc1)N1CCN(C(=O)C(=O)c2c[nH]c3c(NC(=O)NCCCC(=O)OC)cccc23)[C@H](C)C1. The summed E-state index contributed by atoms with van der Waals surface area (Å²) in [6, 6.07) is 13.9. The minimum Gasteiger partial charge on any atom is -0.469 e. The molecule has 1 saturated heterocycles. The first kappa shape index (κ1) is 28.3. The van der Waals surface area contributed by atoms with E-state index in [1.165, 1.54) is 13.3 Å². The number of piperazine rings is 1. The predicted molar refractivity (Wildman–Crippen MR) is 149 cm³/mol. The van der Waals surface area contributed by atoms with Gasteiger partial charge in [-0.1, -0.05) is 30.3 Å².